The van der Waals surface area contributed by atoms with Crippen molar-refractivity contribution in [1.29, 1.82) is 0 Å². The first kappa shape index (κ1) is 17.3. The predicted molar refractivity (Wildman–Crippen MR) is 101 cm³/mol. The van der Waals surface area contributed by atoms with Crippen molar-refractivity contribution in [1.82, 2.24) is 10.5 Å². The van der Waals surface area contributed by atoms with Crippen LogP contribution in [0, 0.1) is 6.92 Å². The fraction of sp³-hybridized carbons (Fsp3) is 0.238. The summed E-state index contributed by atoms with van der Waals surface area (Å²) < 4.78 is 11.4. The second-order valence-electron chi connectivity index (χ2n) is 6.51. The molecular weight excluding hydrogens is 342 g/mol. The van der Waals surface area contributed by atoms with E-state index in [-0.39, 0.29) is 5.84 Å². The molecule has 3 aromatic rings. The quantitative estimate of drug-likeness (QED) is 0.404. The van der Waals surface area contributed by atoms with E-state index in [4.69, 9.17) is 9.15 Å². The van der Waals surface area contributed by atoms with Crippen molar-refractivity contribution in [3.63, 3.8) is 0 Å². The minimum atomic E-state index is 0.276. The number of furan rings is 1. The molecule has 0 saturated carbocycles. The zero-order valence-corrected chi connectivity index (χ0v) is 15.1. The molecule has 2 N–H and O–H groups in total. The number of nitrogens with one attached hydrogen (secondary N) is 1. The van der Waals surface area contributed by atoms with Crippen LogP contribution < -0.4 is 10.2 Å². The van der Waals surface area contributed by atoms with Crippen LogP contribution in [-0.2, 0) is 19.4 Å². The highest BCUT2D eigenvalue weighted by atomic mass is 16.5. The number of hydrogen-bond donors (Lipinski definition) is 2. The van der Waals surface area contributed by atoms with E-state index >= 15 is 0 Å². The Bertz CT molecular complexity index is 965. The molecule has 2 aromatic heterocycles. The standard InChI is InChI=1S/C21H21N3O3/c1-14-9-10-19(17-7-2-6-16(14)17)27-21-18(8-3-11-22-21)20(24-25)23-13-15-5-4-12-26-15/h3-5,8-12,25H,2,6-7,13H2,1H3,(H,23,24). The Morgan fingerprint density at radius 2 is 2.11 bits per heavy atom. The molecule has 0 unspecified atom stereocenters. The Labute approximate surface area is 157 Å². The van der Waals surface area contributed by atoms with E-state index in [1.165, 1.54) is 16.7 Å². The summed E-state index contributed by atoms with van der Waals surface area (Å²) >= 11 is 0. The Morgan fingerprint density at radius 3 is 2.93 bits per heavy atom. The van der Waals surface area contributed by atoms with Crippen LogP contribution in [0.3, 0.4) is 0 Å². The Hall–Kier alpha value is -3.12. The number of aliphatic imine (C=N–C) groups is 1. The van der Waals surface area contributed by atoms with Crippen molar-refractivity contribution in [2.45, 2.75) is 32.7 Å². The smallest absolute Gasteiger partial charge is 0.230 e. The molecular formula is C21H21N3O3. The van der Waals surface area contributed by atoms with Gasteiger partial charge in [-0.3, -0.25) is 15.7 Å². The highest BCUT2D eigenvalue weighted by Gasteiger charge is 2.20. The summed E-state index contributed by atoms with van der Waals surface area (Å²) in [5.41, 5.74) is 6.66. The molecule has 4 rings (SSSR count). The largest absolute Gasteiger partial charge is 0.467 e. The van der Waals surface area contributed by atoms with Crippen molar-refractivity contribution in [3.05, 3.63) is 76.9 Å². The molecule has 0 bridgehead atoms. The average molecular weight is 363 g/mol. The Balaban J connectivity index is 1.65. The van der Waals surface area contributed by atoms with Gasteiger partial charge in [0.2, 0.25) is 5.88 Å². The van der Waals surface area contributed by atoms with Gasteiger partial charge >= 0.3 is 0 Å². The van der Waals surface area contributed by atoms with Gasteiger partial charge in [-0.2, -0.15) is 0 Å². The molecule has 0 atom stereocenters. The van der Waals surface area contributed by atoms with Crippen LogP contribution in [0.25, 0.3) is 0 Å². The maximum Gasteiger partial charge on any atom is 0.230 e. The van der Waals surface area contributed by atoms with Gasteiger partial charge in [-0.1, -0.05) is 6.07 Å². The number of ether oxygens (including phenoxy) is 1. The van der Waals surface area contributed by atoms with Gasteiger partial charge in [-0.05, 0) is 73.2 Å². The Morgan fingerprint density at radius 1 is 1.22 bits per heavy atom. The lowest BCUT2D eigenvalue weighted by Crippen LogP contribution is -2.21. The fourth-order valence-corrected chi connectivity index (χ4v) is 3.45. The van der Waals surface area contributed by atoms with Crippen LogP contribution in [0.15, 0.2) is 58.3 Å². The lowest BCUT2D eigenvalue weighted by atomic mass is 10.0. The molecule has 27 heavy (non-hydrogen) atoms. The second-order valence-corrected chi connectivity index (χ2v) is 6.51. The van der Waals surface area contributed by atoms with Gasteiger partial charge in [0.15, 0.2) is 5.84 Å². The van der Waals surface area contributed by atoms with Crippen molar-refractivity contribution >= 4 is 5.84 Å². The molecule has 0 radical (unpaired) electrons. The van der Waals surface area contributed by atoms with Crippen LogP contribution in [0.4, 0.5) is 0 Å². The van der Waals surface area contributed by atoms with E-state index in [9.17, 15) is 5.21 Å². The van der Waals surface area contributed by atoms with Gasteiger partial charge in [-0.15, -0.1) is 0 Å². The summed E-state index contributed by atoms with van der Waals surface area (Å²) in [5, 5.41) is 9.60. The maximum absolute atomic E-state index is 9.60. The van der Waals surface area contributed by atoms with E-state index in [1.54, 1.807) is 30.7 Å². The van der Waals surface area contributed by atoms with Gasteiger partial charge in [0.25, 0.3) is 0 Å². The summed E-state index contributed by atoms with van der Waals surface area (Å²) in [4.78, 5) is 8.74. The second kappa shape index (κ2) is 7.63. The molecule has 6 heteroatoms. The van der Waals surface area contributed by atoms with Crippen LogP contribution in [-0.4, -0.2) is 16.0 Å². The molecule has 1 aliphatic carbocycles. The molecule has 0 amide bonds. The zero-order chi connectivity index (χ0) is 18.6. The lowest BCUT2D eigenvalue weighted by Gasteiger charge is -2.14. The van der Waals surface area contributed by atoms with E-state index in [0.29, 0.717) is 23.7 Å². The predicted octanol–water partition coefficient (Wildman–Crippen LogP) is 4.19. The fourth-order valence-electron chi connectivity index (χ4n) is 3.45. The molecule has 2 heterocycles. The maximum atomic E-state index is 9.60. The molecule has 6 nitrogen and oxygen atoms in total. The number of hydrogen-bond acceptors (Lipinski definition) is 5. The van der Waals surface area contributed by atoms with Crippen LogP contribution >= 0.6 is 0 Å². The first-order valence-corrected chi connectivity index (χ1v) is 8.98. The number of benzene rings is 1. The third-order valence-electron chi connectivity index (χ3n) is 4.79. The molecule has 138 valence electrons. The molecule has 1 aliphatic rings. The number of rotatable bonds is 5. The number of nitrogens with zero attached hydrogens (tertiary/aromatic N) is 2. The summed E-state index contributed by atoms with van der Waals surface area (Å²) in [5.74, 6) is 2.19. The zero-order valence-electron chi connectivity index (χ0n) is 15.1. The normalized spacial score (nSPS) is 13.5. The van der Waals surface area contributed by atoms with Crippen LogP contribution in [0.1, 0.15) is 34.4 Å². The van der Waals surface area contributed by atoms with Crippen LogP contribution in [0.5, 0.6) is 11.6 Å². The molecule has 0 fully saturated rings. The Kier molecular flexibility index (Phi) is 4.89. The highest BCUT2D eigenvalue weighted by Crippen LogP contribution is 2.35. The first-order chi connectivity index (χ1) is 13.3. The van der Waals surface area contributed by atoms with Crippen molar-refractivity contribution < 1.29 is 14.4 Å². The van der Waals surface area contributed by atoms with Crippen LogP contribution in [0.2, 0.25) is 0 Å². The monoisotopic (exact) mass is 363 g/mol. The van der Waals surface area contributed by atoms with Gasteiger partial charge < -0.3 is 9.15 Å². The third-order valence-corrected chi connectivity index (χ3v) is 4.79. The van der Waals surface area contributed by atoms with Gasteiger partial charge in [-0.25, -0.2) is 4.98 Å². The lowest BCUT2D eigenvalue weighted by molar-refractivity contribution is 0.234. The highest BCUT2D eigenvalue weighted by molar-refractivity contribution is 6.00. The molecule has 0 aliphatic heterocycles. The molecule has 0 saturated heterocycles. The summed E-state index contributed by atoms with van der Waals surface area (Å²) in [7, 11) is 0. The number of aryl methyl sites for hydroxylation is 1. The molecule has 0 spiro atoms. The van der Waals surface area contributed by atoms with Crippen molar-refractivity contribution in [3.8, 4) is 11.6 Å². The average Bonchev–Trinajstić information content (AvgIpc) is 3.38. The number of fused-ring (bicyclic) bond motifs is 1. The van der Waals surface area contributed by atoms with E-state index in [1.807, 2.05) is 12.1 Å². The molecule has 1 aromatic carbocycles. The summed E-state index contributed by atoms with van der Waals surface area (Å²) in [6.45, 7) is 2.43. The minimum Gasteiger partial charge on any atom is -0.467 e. The van der Waals surface area contributed by atoms with Gasteiger partial charge in [0, 0.05) is 6.20 Å². The summed E-state index contributed by atoms with van der Waals surface area (Å²) in [6, 6.07) is 11.3. The third kappa shape index (κ3) is 3.57. The number of pyridine rings is 1. The van der Waals surface area contributed by atoms with E-state index in [0.717, 1.165) is 25.0 Å². The number of aromatic nitrogens is 1. The SMILES string of the molecule is Cc1ccc(Oc2ncccc2C(=NCc2ccco2)NO)c2c1CCC2. The summed E-state index contributed by atoms with van der Waals surface area (Å²) in [6.07, 6.45) is 6.48. The topological polar surface area (TPSA) is 79.9 Å². The van der Waals surface area contributed by atoms with Crippen molar-refractivity contribution in [2.24, 2.45) is 4.99 Å². The van der Waals surface area contributed by atoms with E-state index in [2.05, 4.69) is 28.4 Å². The number of hydroxylamine groups is 1. The number of amidine groups is 1. The first-order valence-electron chi connectivity index (χ1n) is 8.98. The van der Waals surface area contributed by atoms with Gasteiger partial charge in [0.05, 0.1) is 18.4 Å². The van der Waals surface area contributed by atoms with E-state index < -0.39 is 0 Å². The van der Waals surface area contributed by atoms with Gasteiger partial charge in [0.1, 0.15) is 11.5 Å². The minimum absolute atomic E-state index is 0.276. The van der Waals surface area contributed by atoms with Crippen molar-refractivity contribution in [2.75, 3.05) is 0 Å².